The number of ether oxygens (including phenoxy) is 1. The van der Waals surface area contributed by atoms with Crippen molar-refractivity contribution in [1.82, 2.24) is 19.9 Å². The standard InChI is InChI=1S/C20H26N4O4/c1-27-19-10-16(28-22-19)5-6-18(25)21-7-8-23-11-14-9-15(13-23)17-3-2-4-20(26)24(17)12-14/h2-4,10,14-15H,5-9,11-13H2,1H3,(H,21,25)/t14-,15+/m0/s1. The van der Waals surface area contributed by atoms with E-state index in [9.17, 15) is 9.59 Å². The summed E-state index contributed by atoms with van der Waals surface area (Å²) in [6.07, 6.45) is 2.01. The lowest BCUT2D eigenvalue weighted by molar-refractivity contribution is -0.121. The fourth-order valence-electron chi connectivity index (χ4n) is 4.36. The van der Waals surface area contributed by atoms with Crippen molar-refractivity contribution in [3.05, 3.63) is 46.1 Å². The number of carbonyl (C=O) groups excluding carboxylic acids is 1. The van der Waals surface area contributed by atoms with Crippen LogP contribution in [0.5, 0.6) is 5.88 Å². The number of methoxy groups -OCH3 is 1. The third-order valence-corrected chi connectivity index (χ3v) is 5.65. The zero-order valence-corrected chi connectivity index (χ0v) is 16.1. The minimum atomic E-state index is 0.00414. The summed E-state index contributed by atoms with van der Waals surface area (Å²) in [5.41, 5.74) is 1.26. The molecular formula is C20H26N4O4. The molecule has 2 bridgehead atoms. The summed E-state index contributed by atoms with van der Waals surface area (Å²) in [4.78, 5) is 26.6. The highest BCUT2D eigenvalue weighted by molar-refractivity contribution is 5.76. The van der Waals surface area contributed by atoms with Crippen molar-refractivity contribution in [2.45, 2.75) is 31.7 Å². The van der Waals surface area contributed by atoms with Crippen molar-refractivity contribution in [2.75, 3.05) is 33.3 Å². The fraction of sp³-hybridized carbons (Fsp3) is 0.550. The molecule has 1 fully saturated rings. The predicted octanol–water partition coefficient (Wildman–Crippen LogP) is 1.01. The molecule has 8 heteroatoms. The average Bonchev–Trinajstić information content (AvgIpc) is 3.15. The van der Waals surface area contributed by atoms with Gasteiger partial charge in [0, 0.05) is 69.3 Å². The van der Waals surface area contributed by atoms with E-state index in [0.29, 0.717) is 42.9 Å². The van der Waals surface area contributed by atoms with Gasteiger partial charge >= 0.3 is 0 Å². The van der Waals surface area contributed by atoms with E-state index in [-0.39, 0.29) is 11.5 Å². The number of piperidine rings is 1. The summed E-state index contributed by atoms with van der Waals surface area (Å²) in [6, 6.07) is 7.28. The van der Waals surface area contributed by atoms with Gasteiger partial charge in [0.15, 0.2) is 0 Å². The highest BCUT2D eigenvalue weighted by Crippen LogP contribution is 2.34. The molecule has 1 saturated heterocycles. The number of aryl methyl sites for hydroxylation is 1. The second kappa shape index (κ2) is 8.18. The summed E-state index contributed by atoms with van der Waals surface area (Å²) in [5.74, 6) is 1.98. The van der Waals surface area contributed by atoms with Gasteiger partial charge in [-0.1, -0.05) is 6.07 Å². The quantitative estimate of drug-likeness (QED) is 0.764. The van der Waals surface area contributed by atoms with Crippen molar-refractivity contribution in [2.24, 2.45) is 5.92 Å². The molecule has 4 rings (SSSR count). The number of rotatable bonds is 7. The molecule has 2 aromatic rings. The Hall–Kier alpha value is -2.61. The number of carbonyl (C=O) groups is 1. The maximum Gasteiger partial charge on any atom is 0.254 e. The highest BCUT2D eigenvalue weighted by Gasteiger charge is 2.34. The second-order valence-corrected chi connectivity index (χ2v) is 7.64. The van der Waals surface area contributed by atoms with Gasteiger partial charge < -0.3 is 24.0 Å². The van der Waals surface area contributed by atoms with Gasteiger partial charge in [0.05, 0.1) is 7.11 Å². The molecule has 0 unspecified atom stereocenters. The second-order valence-electron chi connectivity index (χ2n) is 7.64. The first-order chi connectivity index (χ1) is 13.6. The summed E-state index contributed by atoms with van der Waals surface area (Å²) in [5, 5.41) is 6.71. The molecule has 2 aliphatic rings. The van der Waals surface area contributed by atoms with E-state index in [0.717, 1.165) is 38.3 Å². The number of amides is 1. The van der Waals surface area contributed by atoms with Crippen LogP contribution in [-0.2, 0) is 17.8 Å². The van der Waals surface area contributed by atoms with Gasteiger partial charge in [-0.15, -0.1) is 0 Å². The van der Waals surface area contributed by atoms with Crippen LogP contribution in [-0.4, -0.2) is 53.8 Å². The number of aromatic nitrogens is 2. The van der Waals surface area contributed by atoms with E-state index in [1.165, 1.54) is 7.11 Å². The topological polar surface area (TPSA) is 89.6 Å². The van der Waals surface area contributed by atoms with E-state index in [1.807, 2.05) is 10.6 Å². The molecule has 0 spiro atoms. The Bertz CT molecular complexity index is 890. The van der Waals surface area contributed by atoms with Crippen LogP contribution in [0.1, 0.15) is 30.2 Å². The molecule has 2 aliphatic heterocycles. The molecule has 2 aromatic heterocycles. The molecule has 0 aromatic carbocycles. The fourth-order valence-corrected chi connectivity index (χ4v) is 4.36. The summed E-state index contributed by atoms with van der Waals surface area (Å²) in [7, 11) is 1.53. The highest BCUT2D eigenvalue weighted by atomic mass is 16.5. The number of nitrogens with one attached hydrogen (secondary N) is 1. The first kappa shape index (κ1) is 18.7. The number of fused-ring (bicyclic) bond motifs is 4. The van der Waals surface area contributed by atoms with Crippen molar-refractivity contribution in [3.63, 3.8) is 0 Å². The Balaban J connectivity index is 1.23. The number of nitrogens with zero attached hydrogens (tertiary/aromatic N) is 3. The Labute approximate surface area is 163 Å². The molecule has 0 saturated carbocycles. The Morgan fingerprint density at radius 3 is 3.07 bits per heavy atom. The van der Waals surface area contributed by atoms with Crippen LogP contribution >= 0.6 is 0 Å². The Kier molecular flexibility index (Phi) is 5.47. The first-order valence-electron chi connectivity index (χ1n) is 9.80. The van der Waals surface area contributed by atoms with Crippen molar-refractivity contribution >= 4 is 5.91 Å². The SMILES string of the molecule is COc1cc(CCC(=O)NCCN2C[C@@H]3C[C@H](C2)c2cccc(=O)n2C3)on1. The number of hydrogen-bond acceptors (Lipinski definition) is 6. The zero-order chi connectivity index (χ0) is 19.5. The number of pyridine rings is 1. The van der Waals surface area contributed by atoms with Gasteiger partial charge in [-0.05, 0) is 23.6 Å². The largest absolute Gasteiger partial charge is 0.479 e. The Morgan fingerprint density at radius 2 is 2.25 bits per heavy atom. The molecule has 2 atom stereocenters. The van der Waals surface area contributed by atoms with Crippen LogP contribution in [0.15, 0.2) is 33.6 Å². The summed E-state index contributed by atoms with van der Waals surface area (Å²) in [6.45, 7) is 4.17. The van der Waals surface area contributed by atoms with Gasteiger partial charge in [0.2, 0.25) is 5.91 Å². The molecule has 1 N–H and O–H groups in total. The van der Waals surface area contributed by atoms with E-state index < -0.39 is 0 Å². The summed E-state index contributed by atoms with van der Waals surface area (Å²) >= 11 is 0. The average molecular weight is 386 g/mol. The zero-order valence-electron chi connectivity index (χ0n) is 16.1. The molecule has 1 amide bonds. The van der Waals surface area contributed by atoms with Crippen molar-refractivity contribution in [3.8, 4) is 5.88 Å². The van der Waals surface area contributed by atoms with Crippen molar-refractivity contribution < 1.29 is 14.1 Å². The van der Waals surface area contributed by atoms with Gasteiger partial charge in [0.25, 0.3) is 11.4 Å². The Morgan fingerprint density at radius 1 is 1.36 bits per heavy atom. The van der Waals surface area contributed by atoms with E-state index >= 15 is 0 Å². The normalized spacial score (nSPS) is 21.2. The first-order valence-corrected chi connectivity index (χ1v) is 9.80. The van der Waals surface area contributed by atoms with E-state index in [2.05, 4.69) is 21.4 Å². The van der Waals surface area contributed by atoms with Crippen LogP contribution in [0.4, 0.5) is 0 Å². The molecular weight excluding hydrogens is 360 g/mol. The molecule has 0 aliphatic carbocycles. The van der Waals surface area contributed by atoms with Gasteiger partial charge in [-0.2, -0.15) is 0 Å². The summed E-state index contributed by atoms with van der Waals surface area (Å²) < 4.78 is 12.0. The lowest BCUT2D eigenvalue weighted by Crippen LogP contribution is -2.48. The maximum absolute atomic E-state index is 12.1. The molecule has 4 heterocycles. The van der Waals surface area contributed by atoms with E-state index in [1.54, 1.807) is 12.1 Å². The van der Waals surface area contributed by atoms with Crippen molar-refractivity contribution in [1.29, 1.82) is 0 Å². The minimum absolute atomic E-state index is 0.00414. The predicted molar refractivity (Wildman–Crippen MR) is 102 cm³/mol. The van der Waals surface area contributed by atoms with Gasteiger partial charge in [0.1, 0.15) is 5.76 Å². The smallest absolute Gasteiger partial charge is 0.254 e. The van der Waals surface area contributed by atoms with Crippen LogP contribution < -0.4 is 15.6 Å². The molecule has 28 heavy (non-hydrogen) atoms. The van der Waals surface area contributed by atoms with E-state index in [4.69, 9.17) is 9.26 Å². The third kappa shape index (κ3) is 4.11. The van der Waals surface area contributed by atoms with Crippen LogP contribution in [0.3, 0.4) is 0 Å². The lowest BCUT2D eigenvalue weighted by Gasteiger charge is -2.42. The van der Waals surface area contributed by atoms with Crippen LogP contribution in [0.25, 0.3) is 0 Å². The maximum atomic E-state index is 12.1. The van der Waals surface area contributed by atoms with Crippen LogP contribution in [0.2, 0.25) is 0 Å². The molecule has 150 valence electrons. The third-order valence-electron chi connectivity index (χ3n) is 5.65. The number of likely N-dealkylation sites (tertiary alicyclic amines) is 1. The monoisotopic (exact) mass is 386 g/mol. The van der Waals surface area contributed by atoms with Crippen LogP contribution in [0, 0.1) is 5.92 Å². The molecule has 0 radical (unpaired) electrons. The number of hydrogen-bond donors (Lipinski definition) is 1. The van der Waals surface area contributed by atoms with Gasteiger partial charge in [-0.25, -0.2) is 0 Å². The minimum Gasteiger partial charge on any atom is -0.479 e. The van der Waals surface area contributed by atoms with Gasteiger partial charge in [-0.3, -0.25) is 9.59 Å². The lowest BCUT2D eigenvalue weighted by atomic mass is 9.83. The molecule has 8 nitrogen and oxygen atoms in total.